The first-order chi connectivity index (χ1) is 27.7. The van der Waals surface area contributed by atoms with Gasteiger partial charge in [0.15, 0.2) is 5.60 Å². The molecule has 0 saturated carbocycles. The van der Waals surface area contributed by atoms with Crippen molar-refractivity contribution in [3.05, 3.63) is 121 Å². The van der Waals surface area contributed by atoms with Crippen molar-refractivity contribution in [1.29, 1.82) is 0 Å². The van der Waals surface area contributed by atoms with Crippen molar-refractivity contribution in [1.82, 2.24) is 0 Å². The second-order valence-corrected chi connectivity index (χ2v) is 14.3. The molecule has 14 heteroatoms. The first kappa shape index (κ1) is 46.5. The predicted octanol–water partition coefficient (Wildman–Crippen LogP) is 8.63. The van der Waals surface area contributed by atoms with E-state index < -0.39 is 35.9 Å². The molecule has 0 radical (unpaired) electrons. The molecule has 1 unspecified atom stereocenters. The van der Waals surface area contributed by atoms with Crippen molar-refractivity contribution in [2.45, 2.75) is 42.1 Å². The Hall–Kier alpha value is -5.86. The van der Waals surface area contributed by atoms with Gasteiger partial charge in [-0.1, -0.05) is 37.4 Å². The summed E-state index contributed by atoms with van der Waals surface area (Å²) in [4.78, 5) is 46.8. The minimum absolute atomic E-state index is 0.0262. The van der Waals surface area contributed by atoms with Crippen molar-refractivity contribution in [2.75, 3.05) is 45.5 Å². The number of hydrogen-bond acceptors (Lipinski definition) is 12. The fourth-order valence-corrected chi connectivity index (χ4v) is 5.58. The third-order valence-corrected chi connectivity index (χ3v) is 9.28. The van der Waals surface area contributed by atoms with E-state index in [1.54, 1.807) is 37.4 Å². The van der Waals surface area contributed by atoms with E-state index in [2.05, 4.69) is 17.9 Å². The molecular formula is C44H48O12S2. The lowest BCUT2D eigenvalue weighted by Crippen LogP contribution is -2.44. The Bertz CT molecular complexity index is 1960. The summed E-state index contributed by atoms with van der Waals surface area (Å²) in [5.41, 5.74) is 0.552. The van der Waals surface area contributed by atoms with Gasteiger partial charge in [0.25, 0.3) is 0 Å². The summed E-state index contributed by atoms with van der Waals surface area (Å²) in [5, 5.41) is 17.3. The predicted molar refractivity (Wildman–Crippen MR) is 224 cm³/mol. The van der Waals surface area contributed by atoms with Gasteiger partial charge in [0.1, 0.15) is 49.4 Å². The number of rotatable bonds is 22. The van der Waals surface area contributed by atoms with Gasteiger partial charge in [-0.05, 0) is 110 Å². The third kappa shape index (κ3) is 16.7. The molecule has 0 spiro atoms. The number of hydrogen-bond donors (Lipinski definition) is 2. The topological polar surface area (TPSA) is 164 Å². The van der Waals surface area contributed by atoms with Crippen LogP contribution in [-0.4, -0.2) is 85.2 Å². The molecule has 0 bridgehead atoms. The molecule has 308 valence electrons. The second kappa shape index (κ2) is 24.0. The maximum absolute atomic E-state index is 12.7. The lowest BCUT2D eigenvalue weighted by Gasteiger charge is -2.29. The second-order valence-electron chi connectivity index (χ2n) is 12.6. The largest absolute Gasteiger partial charge is 0.490 e. The number of carboxylic acids is 2. The van der Waals surface area contributed by atoms with Crippen molar-refractivity contribution < 1.29 is 57.8 Å². The highest BCUT2D eigenvalue weighted by atomic mass is 32.2. The molecule has 0 heterocycles. The van der Waals surface area contributed by atoms with Crippen LogP contribution in [0.3, 0.4) is 0 Å². The molecule has 0 aliphatic heterocycles. The Balaban J connectivity index is 0.000000714. The molecule has 12 nitrogen and oxygen atoms in total. The van der Waals surface area contributed by atoms with E-state index in [0.29, 0.717) is 24.7 Å². The molecule has 4 aromatic rings. The van der Waals surface area contributed by atoms with Gasteiger partial charge in [-0.15, -0.1) is 23.5 Å². The Morgan fingerprint density at radius 3 is 1.26 bits per heavy atom. The van der Waals surface area contributed by atoms with E-state index >= 15 is 0 Å². The molecule has 1 atom stereocenters. The first-order valence-corrected chi connectivity index (χ1v) is 20.4. The van der Waals surface area contributed by atoms with Gasteiger partial charge in [-0.25, -0.2) is 9.59 Å². The number of carboxylic acid groups (broad SMARTS) is 2. The molecule has 0 fully saturated rings. The highest BCUT2D eigenvalue weighted by molar-refractivity contribution is 7.98. The Kier molecular flexibility index (Phi) is 19.3. The van der Waals surface area contributed by atoms with E-state index in [0.717, 1.165) is 27.5 Å². The molecule has 4 aromatic carbocycles. The van der Waals surface area contributed by atoms with Gasteiger partial charge < -0.3 is 38.6 Å². The van der Waals surface area contributed by atoms with Crippen LogP contribution in [0.15, 0.2) is 131 Å². The first-order valence-electron chi connectivity index (χ1n) is 17.9. The summed E-state index contributed by atoms with van der Waals surface area (Å²) in [6, 6.07) is 30.8. The van der Waals surface area contributed by atoms with Gasteiger partial charge in [0.05, 0.1) is 19.4 Å². The van der Waals surface area contributed by atoms with E-state index in [-0.39, 0.29) is 37.4 Å². The fraction of sp³-hybridized carbons (Fsp3) is 0.273. The quantitative estimate of drug-likeness (QED) is 0.0335. The van der Waals surface area contributed by atoms with E-state index in [9.17, 15) is 19.2 Å². The highest BCUT2D eigenvalue weighted by Crippen LogP contribution is 2.27. The average molecular weight is 833 g/mol. The number of ether oxygens (including phenoxy) is 6. The molecule has 58 heavy (non-hydrogen) atoms. The van der Waals surface area contributed by atoms with Crippen molar-refractivity contribution in [3.8, 4) is 34.1 Å². The molecule has 0 aliphatic carbocycles. The van der Waals surface area contributed by atoms with Crippen molar-refractivity contribution in [3.63, 3.8) is 0 Å². The van der Waals surface area contributed by atoms with Gasteiger partial charge in [0, 0.05) is 20.9 Å². The Morgan fingerprint density at radius 2 is 0.914 bits per heavy atom. The third-order valence-electron chi connectivity index (χ3n) is 7.79. The Morgan fingerprint density at radius 1 is 0.569 bits per heavy atom. The monoisotopic (exact) mass is 832 g/mol. The SMILES string of the molecule is C=C(CC(=O)O)C(=O)OC(C)(COc1ccc(SC)cc1)COc1ccc(-c2ccc(OCCOc3ccc(SC)cc3)cc2)cc1.C=C(CC(=O)O)C(=O)OCC. The zero-order valence-electron chi connectivity index (χ0n) is 32.9. The van der Waals surface area contributed by atoms with Crippen LogP contribution in [0.2, 0.25) is 0 Å². The minimum atomic E-state index is -1.24. The number of thioether (sulfide) groups is 2. The van der Waals surface area contributed by atoms with Gasteiger partial charge in [-0.2, -0.15) is 0 Å². The van der Waals surface area contributed by atoms with E-state index in [1.165, 1.54) is 4.90 Å². The standard InChI is InChI=1S/C37H38O8S2.C7H10O4/c1-26(23-35(38)39)36(40)45-37(2,25-44-32-15-19-34(47-4)20-16-32)24-43-31-11-7-28(8-12-31)27-5-9-29(10-6-27)41-21-22-42-30-13-17-33(46-3)18-14-30;1-3-11-7(10)5(2)4-6(8)9/h5-20H,1,21-25H2,2-4H3,(H,38,39);2-4H2,1H3,(H,8,9). The normalized spacial score (nSPS) is 11.4. The summed E-state index contributed by atoms with van der Waals surface area (Å²) < 4.78 is 33.7. The fourth-order valence-electron chi connectivity index (χ4n) is 4.76. The van der Waals surface area contributed by atoms with Crippen LogP contribution in [0, 0.1) is 0 Å². The zero-order chi connectivity index (χ0) is 42.5. The molecule has 0 saturated heterocycles. The molecular weight excluding hydrogens is 785 g/mol. The molecule has 4 rings (SSSR count). The average Bonchev–Trinajstić information content (AvgIpc) is 3.21. The lowest BCUT2D eigenvalue weighted by molar-refractivity contribution is -0.161. The summed E-state index contributed by atoms with van der Waals surface area (Å²) in [6.07, 6.45) is 3.14. The number of esters is 2. The summed E-state index contributed by atoms with van der Waals surface area (Å²) in [6.45, 7) is 11.2. The van der Waals surface area contributed by atoms with Crippen LogP contribution in [-0.2, 0) is 28.7 Å². The number of aliphatic carboxylic acids is 2. The molecule has 2 N–H and O–H groups in total. The van der Waals surface area contributed by atoms with E-state index in [1.807, 2.05) is 110 Å². The Labute approximate surface area is 347 Å². The molecule has 0 aliphatic rings. The lowest BCUT2D eigenvalue weighted by atomic mass is 10.1. The zero-order valence-corrected chi connectivity index (χ0v) is 34.5. The highest BCUT2D eigenvalue weighted by Gasteiger charge is 2.33. The maximum atomic E-state index is 12.7. The molecule has 0 aromatic heterocycles. The number of carbonyl (C=O) groups excluding carboxylic acids is 2. The van der Waals surface area contributed by atoms with Crippen LogP contribution < -0.4 is 18.9 Å². The summed E-state index contributed by atoms with van der Waals surface area (Å²) in [5.74, 6) is -0.998. The van der Waals surface area contributed by atoms with Crippen LogP contribution in [0.5, 0.6) is 23.0 Å². The van der Waals surface area contributed by atoms with Crippen LogP contribution >= 0.6 is 23.5 Å². The van der Waals surface area contributed by atoms with E-state index in [4.69, 9.17) is 33.9 Å². The summed E-state index contributed by atoms with van der Waals surface area (Å²) in [7, 11) is 0. The van der Waals surface area contributed by atoms with Gasteiger partial charge >= 0.3 is 23.9 Å². The van der Waals surface area contributed by atoms with Crippen molar-refractivity contribution >= 4 is 47.4 Å². The molecule has 0 amide bonds. The number of carbonyl (C=O) groups is 4. The smallest absolute Gasteiger partial charge is 0.334 e. The van der Waals surface area contributed by atoms with Crippen LogP contribution in [0.4, 0.5) is 0 Å². The number of benzene rings is 4. The van der Waals surface area contributed by atoms with Gasteiger partial charge in [-0.3, -0.25) is 9.59 Å². The minimum Gasteiger partial charge on any atom is -0.490 e. The van der Waals surface area contributed by atoms with Gasteiger partial charge in [0.2, 0.25) is 0 Å². The summed E-state index contributed by atoms with van der Waals surface area (Å²) >= 11 is 3.30. The van der Waals surface area contributed by atoms with Crippen LogP contribution in [0.1, 0.15) is 26.7 Å². The van der Waals surface area contributed by atoms with Crippen LogP contribution in [0.25, 0.3) is 11.1 Å². The van der Waals surface area contributed by atoms with Crippen molar-refractivity contribution in [2.24, 2.45) is 0 Å². The maximum Gasteiger partial charge on any atom is 0.334 e.